The number of thioether (sulfide) groups is 1. The number of thiophene rings is 1. The summed E-state index contributed by atoms with van der Waals surface area (Å²) in [6, 6.07) is 12.4. The minimum Gasteiger partial charge on any atom is -0.496 e. The van der Waals surface area contributed by atoms with Crippen LogP contribution in [0, 0.1) is 0 Å². The van der Waals surface area contributed by atoms with Crippen LogP contribution in [0.1, 0.15) is 57.3 Å². The summed E-state index contributed by atoms with van der Waals surface area (Å²) < 4.78 is 15.7. The van der Waals surface area contributed by atoms with Gasteiger partial charge in [0.1, 0.15) is 22.1 Å². The standard InChI is InChI=1S/C29H32N2O6S2/c1-17(26(32)31-28-24(29(34)37-4)20-12-6-5-7-15-23(20)39-28)38-19-11-8-10-18(16-19)30-27(33)25-21(35-2)13-9-14-22(25)36-3/h8-11,13-14,16-17H,5-7,12,15H2,1-4H3,(H,30,33)(H,31,32). The van der Waals surface area contributed by atoms with Crippen LogP contribution in [0.25, 0.3) is 0 Å². The van der Waals surface area contributed by atoms with Crippen molar-refractivity contribution in [3.05, 3.63) is 64.0 Å². The van der Waals surface area contributed by atoms with Gasteiger partial charge in [0.25, 0.3) is 5.91 Å². The summed E-state index contributed by atoms with van der Waals surface area (Å²) in [6.07, 6.45) is 4.94. The zero-order valence-electron chi connectivity index (χ0n) is 22.4. The number of hydrogen-bond acceptors (Lipinski definition) is 8. The molecule has 1 aliphatic rings. The van der Waals surface area contributed by atoms with E-state index in [1.165, 1.54) is 44.4 Å². The third-order valence-electron chi connectivity index (χ3n) is 6.48. The van der Waals surface area contributed by atoms with E-state index in [-0.39, 0.29) is 11.8 Å². The molecule has 1 aromatic heterocycles. The lowest BCUT2D eigenvalue weighted by Crippen LogP contribution is -2.23. The van der Waals surface area contributed by atoms with Gasteiger partial charge in [0.2, 0.25) is 5.91 Å². The molecule has 10 heteroatoms. The van der Waals surface area contributed by atoms with Crippen molar-refractivity contribution in [3.63, 3.8) is 0 Å². The summed E-state index contributed by atoms with van der Waals surface area (Å²) in [5.41, 5.74) is 2.36. The summed E-state index contributed by atoms with van der Waals surface area (Å²) in [5.74, 6) is -0.195. The monoisotopic (exact) mass is 568 g/mol. The quantitative estimate of drug-likeness (QED) is 0.180. The predicted octanol–water partition coefficient (Wildman–Crippen LogP) is 6.19. The second kappa shape index (κ2) is 13.0. The molecule has 1 unspecified atom stereocenters. The van der Waals surface area contributed by atoms with E-state index in [0.29, 0.717) is 33.3 Å². The van der Waals surface area contributed by atoms with Gasteiger partial charge in [-0.3, -0.25) is 9.59 Å². The van der Waals surface area contributed by atoms with Crippen LogP contribution in [0.4, 0.5) is 10.7 Å². The topological polar surface area (TPSA) is 103 Å². The Kier molecular flexibility index (Phi) is 9.53. The van der Waals surface area contributed by atoms with Crippen LogP contribution in [0.15, 0.2) is 47.4 Å². The van der Waals surface area contributed by atoms with Crippen molar-refractivity contribution in [3.8, 4) is 11.5 Å². The van der Waals surface area contributed by atoms with Crippen molar-refractivity contribution >= 4 is 51.6 Å². The molecule has 0 spiro atoms. The maximum atomic E-state index is 13.2. The third kappa shape index (κ3) is 6.57. The number of methoxy groups -OCH3 is 3. The van der Waals surface area contributed by atoms with Crippen molar-refractivity contribution in [2.45, 2.75) is 49.2 Å². The highest BCUT2D eigenvalue weighted by Crippen LogP contribution is 2.38. The van der Waals surface area contributed by atoms with Gasteiger partial charge in [0, 0.05) is 15.5 Å². The Labute approximate surface area is 236 Å². The molecule has 206 valence electrons. The van der Waals surface area contributed by atoms with Crippen molar-refractivity contribution in [2.24, 2.45) is 0 Å². The number of carbonyl (C=O) groups excluding carboxylic acids is 3. The molecule has 1 heterocycles. The lowest BCUT2D eigenvalue weighted by Gasteiger charge is -2.15. The summed E-state index contributed by atoms with van der Waals surface area (Å²) in [6.45, 7) is 1.81. The average Bonchev–Trinajstić information content (AvgIpc) is 3.11. The second-order valence-electron chi connectivity index (χ2n) is 9.03. The highest BCUT2D eigenvalue weighted by molar-refractivity contribution is 8.00. The van der Waals surface area contributed by atoms with Crippen LogP contribution in [-0.4, -0.2) is 44.4 Å². The SMILES string of the molecule is COC(=O)c1c(NC(=O)C(C)Sc2cccc(NC(=O)c3c(OC)cccc3OC)c2)sc2c1CCCCC2. The van der Waals surface area contributed by atoms with Gasteiger partial charge in [-0.25, -0.2) is 4.79 Å². The third-order valence-corrected chi connectivity index (χ3v) is 8.78. The van der Waals surface area contributed by atoms with E-state index in [4.69, 9.17) is 14.2 Å². The van der Waals surface area contributed by atoms with Gasteiger partial charge in [-0.15, -0.1) is 23.1 Å². The molecule has 0 fully saturated rings. The minimum absolute atomic E-state index is 0.213. The van der Waals surface area contributed by atoms with Crippen molar-refractivity contribution in [1.29, 1.82) is 0 Å². The molecule has 3 aromatic rings. The molecule has 4 rings (SSSR count). The zero-order valence-corrected chi connectivity index (χ0v) is 24.1. The first kappa shape index (κ1) is 28.5. The molecule has 0 radical (unpaired) electrons. The Morgan fingerprint density at radius 1 is 0.897 bits per heavy atom. The van der Waals surface area contributed by atoms with Crippen LogP contribution in [0.5, 0.6) is 11.5 Å². The van der Waals surface area contributed by atoms with Gasteiger partial charge in [0.05, 0.1) is 32.1 Å². The number of fused-ring (bicyclic) bond motifs is 1. The average molecular weight is 569 g/mol. The van der Waals surface area contributed by atoms with Crippen LogP contribution < -0.4 is 20.1 Å². The van der Waals surface area contributed by atoms with Crippen molar-refractivity contribution in [2.75, 3.05) is 32.0 Å². The largest absolute Gasteiger partial charge is 0.496 e. The Hall–Kier alpha value is -3.50. The van der Waals surface area contributed by atoms with E-state index in [9.17, 15) is 14.4 Å². The molecule has 0 bridgehead atoms. The number of rotatable bonds is 9. The number of anilines is 2. The van der Waals surface area contributed by atoms with E-state index < -0.39 is 11.2 Å². The summed E-state index contributed by atoms with van der Waals surface area (Å²) >= 11 is 2.83. The van der Waals surface area contributed by atoms with Crippen LogP contribution in [0.2, 0.25) is 0 Å². The lowest BCUT2D eigenvalue weighted by atomic mass is 10.1. The van der Waals surface area contributed by atoms with E-state index >= 15 is 0 Å². The molecular formula is C29H32N2O6S2. The number of hydrogen-bond donors (Lipinski definition) is 2. The molecule has 1 aliphatic carbocycles. The molecule has 2 N–H and O–H groups in total. The molecule has 2 aromatic carbocycles. The summed E-state index contributed by atoms with van der Waals surface area (Å²) in [5, 5.41) is 5.96. The minimum atomic E-state index is -0.460. The van der Waals surface area contributed by atoms with Crippen LogP contribution >= 0.6 is 23.1 Å². The number of carbonyl (C=O) groups is 3. The Morgan fingerprint density at radius 3 is 2.28 bits per heavy atom. The molecule has 0 saturated heterocycles. The Balaban J connectivity index is 1.47. The van der Waals surface area contributed by atoms with Gasteiger partial charge in [-0.05, 0) is 68.5 Å². The first-order valence-electron chi connectivity index (χ1n) is 12.7. The van der Waals surface area contributed by atoms with E-state index in [0.717, 1.165) is 47.4 Å². The molecule has 0 aliphatic heterocycles. The second-order valence-corrected chi connectivity index (χ2v) is 11.5. The zero-order chi connectivity index (χ0) is 27.9. The number of benzene rings is 2. The number of nitrogens with one attached hydrogen (secondary N) is 2. The van der Waals surface area contributed by atoms with Gasteiger partial charge >= 0.3 is 5.97 Å². The first-order valence-corrected chi connectivity index (χ1v) is 14.4. The van der Waals surface area contributed by atoms with Gasteiger partial charge in [-0.2, -0.15) is 0 Å². The highest BCUT2D eigenvalue weighted by Gasteiger charge is 2.27. The fraction of sp³-hybridized carbons (Fsp3) is 0.345. The lowest BCUT2D eigenvalue weighted by molar-refractivity contribution is -0.115. The van der Waals surface area contributed by atoms with Crippen molar-refractivity contribution in [1.82, 2.24) is 0 Å². The van der Waals surface area contributed by atoms with E-state index in [1.54, 1.807) is 31.2 Å². The predicted molar refractivity (Wildman–Crippen MR) is 155 cm³/mol. The fourth-order valence-corrected chi connectivity index (χ4v) is 6.74. The van der Waals surface area contributed by atoms with Crippen LogP contribution in [0.3, 0.4) is 0 Å². The molecule has 0 saturated carbocycles. The van der Waals surface area contributed by atoms with E-state index in [2.05, 4.69) is 10.6 Å². The Bertz CT molecular complexity index is 1350. The fourth-order valence-electron chi connectivity index (χ4n) is 4.54. The van der Waals surface area contributed by atoms with Gasteiger partial charge < -0.3 is 24.8 Å². The van der Waals surface area contributed by atoms with Gasteiger partial charge in [-0.1, -0.05) is 18.6 Å². The maximum Gasteiger partial charge on any atom is 0.341 e. The van der Waals surface area contributed by atoms with E-state index in [1.807, 2.05) is 18.2 Å². The molecule has 39 heavy (non-hydrogen) atoms. The number of amides is 2. The first-order chi connectivity index (χ1) is 18.9. The Morgan fingerprint density at radius 2 is 1.59 bits per heavy atom. The molecule has 8 nitrogen and oxygen atoms in total. The van der Waals surface area contributed by atoms with Crippen molar-refractivity contribution < 1.29 is 28.6 Å². The molecule has 1 atom stereocenters. The summed E-state index contributed by atoms with van der Waals surface area (Å²) in [4.78, 5) is 40.8. The molecular weight excluding hydrogens is 536 g/mol. The highest BCUT2D eigenvalue weighted by atomic mass is 32.2. The maximum absolute atomic E-state index is 13.2. The molecule has 2 amide bonds. The van der Waals surface area contributed by atoms with Gasteiger partial charge in [0.15, 0.2) is 0 Å². The van der Waals surface area contributed by atoms with Crippen LogP contribution in [-0.2, 0) is 22.4 Å². The normalized spacial score (nSPS) is 13.4. The number of esters is 1. The summed E-state index contributed by atoms with van der Waals surface area (Å²) in [7, 11) is 4.36. The smallest absolute Gasteiger partial charge is 0.341 e. The number of aryl methyl sites for hydroxylation is 1. The number of ether oxygens (including phenoxy) is 3.